The van der Waals surface area contributed by atoms with Crippen molar-refractivity contribution in [3.05, 3.63) is 0 Å². The molecule has 0 saturated heterocycles. The average Bonchev–Trinajstić information content (AvgIpc) is 2.33. The molecule has 1 aliphatic carbocycles. The number of alkyl halides is 3. The highest BCUT2D eigenvalue weighted by Crippen LogP contribution is 2.43. The highest BCUT2D eigenvalue weighted by molar-refractivity contribution is 4.86. The first-order chi connectivity index (χ1) is 8.46. The molecule has 3 atom stereocenters. The highest BCUT2D eigenvalue weighted by Gasteiger charge is 2.46. The third-order valence-corrected chi connectivity index (χ3v) is 3.93. The van der Waals surface area contributed by atoms with Gasteiger partial charge in [-0.05, 0) is 38.0 Å². The molecule has 0 spiro atoms. The molecule has 5 heteroatoms. The van der Waals surface area contributed by atoms with Gasteiger partial charge < -0.3 is 10.5 Å². The summed E-state index contributed by atoms with van der Waals surface area (Å²) in [5.74, 6) is -1.58. The predicted octanol–water partition coefficient (Wildman–Crippen LogP) is 3.50. The van der Waals surface area contributed by atoms with Gasteiger partial charge in [-0.15, -0.1) is 0 Å². The lowest BCUT2D eigenvalue weighted by Gasteiger charge is -2.36. The van der Waals surface area contributed by atoms with Gasteiger partial charge in [0.2, 0.25) is 0 Å². The quantitative estimate of drug-likeness (QED) is 0.748. The molecule has 1 fully saturated rings. The van der Waals surface area contributed by atoms with Crippen LogP contribution < -0.4 is 5.73 Å². The van der Waals surface area contributed by atoms with E-state index in [2.05, 4.69) is 0 Å². The highest BCUT2D eigenvalue weighted by atomic mass is 19.4. The van der Waals surface area contributed by atoms with Crippen molar-refractivity contribution in [2.45, 2.75) is 57.2 Å². The zero-order chi connectivity index (χ0) is 13.6. The molecular weight excluding hydrogens is 243 g/mol. The van der Waals surface area contributed by atoms with Crippen molar-refractivity contribution in [2.75, 3.05) is 13.7 Å². The minimum absolute atomic E-state index is 0.250. The van der Waals surface area contributed by atoms with E-state index in [4.69, 9.17) is 10.5 Å². The molecule has 0 aromatic carbocycles. The van der Waals surface area contributed by atoms with Crippen LogP contribution in [-0.4, -0.2) is 25.9 Å². The van der Waals surface area contributed by atoms with Crippen LogP contribution in [0, 0.1) is 11.8 Å². The minimum atomic E-state index is -4.09. The number of hydrogen-bond acceptors (Lipinski definition) is 2. The van der Waals surface area contributed by atoms with Gasteiger partial charge in [0.25, 0.3) is 0 Å². The number of nitrogens with two attached hydrogens (primary N) is 1. The van der Waals surface area contributed by atoms with E-state index in [1.54, 1.807) is 7.11 Å². The lowest BCUT2D eigenvalue weighted by molar-refractivity contribution is -0.198. The van der Waals surface area contributed by atoms with E-state index in [-0.39, 0.29) is 18.4 Å². The molecule has 2 N–H and O–H groups in total. The molecule has 18 heavy (non-hydrogen) atoms. The third-order valence-electron chi connectivity index (χ3n) is 3.93. The Morgan fingerprint density at radius 1 is 1.22 bits per heavy atom. The molecule has 0 aromatic heterocycles. The van der Waals surface area contributed by atoms with Crippen LogP contribution in [0.15, 0.2) is 0 Å². The molecule has 0 bridgehead atoms. The average molecular weight is 267 g/mol. The van der Waals surface area contributed by atoms with Crippen molar-refractivity contribution in [1.29, 1.82) is 0 Å². The largest absolute Gasteiger partial charge is 0.392 e. The van der Waals surface area contributed by atoms with Crippen LogP contribution in [0.1, 0.15) is 44.9 Å². The van der Waals surface area contributed by atoms with Crippen molar-refractivity contribution in [3.63, 3.8) is 0 Å². The second kappa shape index (κ2) is 7.34. The van der Waals surface area contributed by atoms with Crippen LogP contribution in [0.2, 0.25) is 0 Å². The van der Waals surface area contributed by atoms with Crippen LogP contribution in [-0.2, 0) is 4.74 Å². The molecule has 0 aromatic rings. The van der Waals surface area contributed by atoms with E-state index < -0.39 is 12.1 Å². The number of rotatable bonds is 6. The number of methoxy groups -OCH3 is 1. The maximum Gasteiger partial charge on any atom is 0.392 e. The fourth-order valence-corrected chi connectivity index (χ4v) is 2.92. The summed E-state index contributed by atoms with van der Waals surface area (Å²) >= 11 is 0. The maximum atomic E-state index is 12.9. The Morgan fingerprint density at radius 2 is 1.89 bits per heavy atom. The summed E-state index contributed by atoms with van der Waals surface area (Å²) in [6.45, 7) is 0.653. The second-order valence-electron chi connectivity index (χ2n) is 5.25. The summed E-state index contributed by atoms with van der Waals surface area (Å²) in [4.78, 5) is 0. The first-order valence-corrected chi connectivity index (χ1v) is 6.78. The van der Waals surface area contributed by atoms with E-state index in [9.17, 15) is 13.2 Å². The predicted molar refractivity (Wildman–Crippen MR) is 65.2 cm³/mol. The summed E-state index contributed by atoms with van der Waals surface area (Å²) in [6.07, 6.45) is 0.717. The standard InChI is InChI=1S/C13H24F3NO/c1-18-9-5-4-8-12(17)10-6-2-3-7-11(10)13(14,15)16/h10-12H,2-9,17H2,1H3. The van der Waals surface area contributed by atoms with E-state index in [0.29, 0.717) is 25.9 Å². The summed E-state index contributed by atoms with van der Waals surface area (Å²) < 4.78 is 43.7. The van der Waals surface area contributed by atoms with Crippen LogP contribution in [0.3, 0.4) is 0 Å². The Morgan fingerprint density at radius 3 is 2.50 bits per heavy atom. The Labute approximate surface area is 107 Å². The molecule has 108 valence electrons. The van der Waals surface area contributed by atoms with Gasteiger partial charge in [-0.25, -0.2) is 0 Å². The van der Waals surface area contributed by atoms with Crippen LogP contribution in [0.25, 0.3) is 0 Å². The fourth-order valence-electron chi connectivity index (χ4n) is 2.92. The number of ether oxygens (including phenoxy) is 1. The minimum Gasteiger partial charge on any atom is -0.385 e. The Hall–Kier alpha value is -0.290. The Kier molecular flexibility index (Phi) is 6.43. The summed E-state index contributed by atoms with van der Waals surface area (Å²) in [5, 5.41) is 0. The van der Waals surface area contributed by atoms with Gasteiger partial charge in [0.15, 0.2) is 0 Å². The first kappa shape index (κ1) is 15.8. The van der Waals surface area contributed by atoms with Gasteiger partial charge in [-0.1, -0.05) is 12.8 Å². The maximum absolute atomic E-state index is 12.9. The van der Waals surface area contributed by atoms with Crippen molar-refractivity contribution in [3.8, 4) is 0 Å². The molecule has 2 nitrogen and oxygen atoms in total. The molecule has 3 unspecified atom stereocenters. The number of hydrogen-bond donors (Lipinski definition) is 1. The molecular formula is C13H24F3NO. The monoisotopic (exact) mass is 267 g/mol. The first-order valence-electron chi connectivity index (χ1n) is 6.78. The van der Waals surface area contributed by atoms with E-state index >= 15 is 0 Å². The summed E-state index contributed by atoms with van der Waals surface area (Å²) in [7, 11) is 1.63. The van der Waals surface area contributed by atoms with E-state index in [0.717, 1.165) is 19.3 Å². The number of halogens is 3. The zero-order valence-corrected chi connectivity index (χ0v) is 11.0. The van der Waals surface area contributed by atoms with Gasteiger partial charge >= 0.3 is 6.18 Å². The lowest BCUT2D eigenvalue weighted by atomic mass is 9.74. The molecule has 1 rings (SSSR count). The third kappa shape index (κ3) is 4.76. The van der Waals surface area contributed by atoms with Crippen LogP contribution >= 0.6 is 0 Å². The van der Waals surface area contributed by atoms with Crippen molar-refractivity contribution < 1.29 is 17.9 Å². The van der Waals surface area contributed by atoms with Gasteiger partial charge in [0.05, 0.1) is 5.92 Å². The van der Waals surface area contributed by atoms with E-state index in [1.165, 1.54) is 0 Å². The molecule has 0 radical (unpaired) electrons. The fraction of sp³-hybridized carbons (Fsp3) is 1.00. The van der Waals surface area contributed by atoms with Crippen LogP contribution in [0.5, 0.6) is 0 Å². The Balaban J connectivity index is 2.44. The molecule has 1 aliphatic rings. The summed E-state index contributed by atoms with van der Waals surface area (Å²) in [6, 6.07) is -0.325. The normalized spacial score (nSPS) is 27.2. The van der Waals surface area contributed by atoms with Gasteiger partial charge in [0.1, 0.15) is 0 Å². The molecule has 1 saturated carbocycles. The smallest absolute Gasteiger partial charge is 0.385 e. The van der Waals surface area contributed by atoms with Crippen LogP contribution in [0.4, 0.5) is 13.2 Å². The topological polar surface area (TPSA) is 35.2 Å². The SMILES string of the molecule is COCCCCC(N)C1CCCCC1C(F)(F)F. The molecule has 0 aliphatic heterocycles. The van der Waals surface area contributed by atoms with E-state index in [1.807, 2.05) is 0 Å². The molecule has 0 amide bonds. The lowest BCUT2D eigenvalue weighted by Crippen LogP contribution is -2.43. The Bertz CT molecular complexity index is 233. The van der Waals surface area contributed by atoms with Gasteiger partial charge in [-0.3, -0.25) is 0 Å². The van der Waals surface area contributed by atoms with Gasteiger partial charge in [-0.2, -0.15) is 13.2 Å². The second-order valence-corrected chi connectivity index (χ2v) is 5.25. The van der Waals surface area contributed by atoms with Gasteiger partial charge in [0, 0.05) is 19.8 Å². The molecule has 0 heterocycles. The van der Waals surface area contributed by atoms with Crippen molar-refractivity contribution in [1.82, 2.24) is 0 Å². The summed E-state index contributed by atoms with van der Waals surface area (Å²) in [5.41, 5.74) is 5.98. The zero-order valence-electron chi connectivity index (χ0n) is 11.0. The van der Waals surface area contributed by atoms with Crippen molar-refractivity contribution >= 4 is 0 Å². The number of unbranched alkanes of at least 4 members (excludes halogenated alkanes) is 1. The van der Waals surface area contributed by atoms with Crippen molar-refractivity contribution in [2.24, 2.45) is 17.6 Å².